The Morgan fingerprint density at radius 2 is 0.804 bits per heavy atom. The Kier molecular flexibility index (Phi) is 47.8. The van der Waals surface area contributed by atoms with Gasteiger partial charge in [0.1, 0.15) is 18.4 Å². The molecule has 0 radical (unpaired) electrons. The number of rotatable bonds is 63. The van der Waals surface area contributed by atoms with Crippen LogP contribution < -0.4 is 20.7 Å². The van der Waals surface area contributed by atoms with Gasteiger partial charge in [-0.25, -0.2) is 17.6 Å². The van der Waals surface area contributed by atoms with Crippen molar-refractivity contribution in [3.8, 4) is 5.75 Å². The number of halogens is 4. The zero-order chi connectivity index (χ0) is 66.3. The first-order chi connectivity index (χ1) is 44.9. The fraction of sp³-hybridized carbons (Fsp3) is 0.672. The second kappa shape index (κ2) is 54.7. The molecule has 31 heteroatoms. The van der Waals surface area contributed by atoms with Gasteiger partial charge in [-0.1, -0.05) is 12.1 Å². The fourth-order valence-electron chi connectivity index (χ4n) is 7.58. The second-order valence-electron chi connectivity index (χ2n) is 19.4. The number of methoxy groups -OCH3 is 1. The van der Waals surface area contributed by atoms with E-state index in [9.17, 15) is 46.3 Å². The van der Waals surface area contributed by atoms with E-state index in [1.54, 1.807) is 19.2 Å². The quantitative estimate of drug-likeness (QED) is 0.0364. The van der Waals surface area contributed by atoms with Crippen LogP contribution in [0, 0.1) is 23.3 Å². The number of imide groups is 1. The second-order valence-corrected chi connectivity index (χ2v) is 19.4. The van der Waals surface area contributed by atoms with Crippen LogP contribution in [0.2, 0.25) is 0 Å². The van der Waals surface area contributed by atoms with E-state index in [2.05, 4.69) is 16.0 Å². The summed E-state index contributed by atoms with van der Waals surface area (Å²) in [5.74, 6) is -9.48. The van der Waals surface area contributed by atoms with E-state index in [0.717, 1.165) is 17.1 Å². The van der Waals surface area contributed by atoms with Gasteiger partial charge in [-0.3, -0.25) is 33.7 Å². The molecule has 3 rings (SSSR count). The molecule has 1 aliphatic rings. The molecule has 2 aromatic rings. The van der Waals surface area contributed by atoms with Gasteiger partial charge in [0.15, 0.2) is 29.1 Å². The van der Waals surface area contributed by atoms with Gasteiger partial charge in [-0.05, 0) is 17.7 Å². The van der Waals surface area contributed by atoms with E-state index >= 15 is 0 Å². The summed E-state index contributed by atoms with van der Waals surface area (Å²) in [4.78, 5) is 75.0. The number of nitrogens with one attached hydrogen (secondary N) is 3. The average Bonchev–Trinajstić information content (AvgIpc) is 1.38. The van der Waals surface area contributed by atoms with Crippen LogP contribution in [0.1, 0.15) is 24.0 Å². The molecule has 2 aromatic carbocycles. The Morgan fingerprint density at radius 3 is 1.20 bits per heavy atom. The number of ether oxygens (including phenoxy) is 17. The highest BCUT2D eigenvalue weighted by atomic mass is 19.2. The highest BCUT2D eigenvalue weighted by molar-refractivity contribution is 6.13. The molecule has 27 nitrogen and oxygen atoms in total. The first-order valence-electron chi connectivity index (χ1n) is 30.5. The topological polar surface area (TPSA) is 299 Å². The summed E-state index contributed by atoms with van der Waals surface area (Å²) in [6, 6.07) is 5.11. The van der Waals surface area contributed by atoms with Crippen LogP contribution in [-0.2, 0) is 117 Å². The molecule has 522 valence electrons. The third-order valence-electron chi connectivity index (χ3n) is 12.3. The van der Waals surface area contributed by atoms with Crippen molar-refractivity contribution in [3.05, 3.63) is 76.9 Å². The van der Waals surface area contributed by atoms with Crippen molar-refractivity contribution >= 4 is 35.3 Å². The summed E-state index contributed by atoms with van der Waals surface area (Å²) in [5, 5.41) is 8.14. The van der Waals surface area contributed by atoms with E-state index in [0.29, 0.717) is 138 Å². The van der Waals surface area contributed by atoms with Crippen LogP contribution in [0.4, 0.5) is 17.6 Å². The monoisotopic (exact) mass is 1320 g/mol. The number of hydrogen-bond donors (Lipinski definition) is 3. The minimum Gasteiger partial charge on any atom is -0.486 e. The van der Waals surface area contributed by atoms with E-state index in [1.165, 1.54) is 12.1 Å². The van der Waals surface area contributed by atoms with E-state index in [1.807, 2.05) is 0 Å². The van der Waals surface area contributed by atoms with Gasteiger partial charge < -0.3 is 96.5 Å². The smallest absolute Gasteiger partial charge is 0.253 e. The predicted octanol–water partition coefficient (Wildman–Crippen LogP) is 1.29. The summed E-state index contributed by atoms with van der Waals surface area (Å²) in [6.07, 6.45) is 1.30. The van der Waals surface area contributed by atoms with Crippen molar-refractivity contribution in [2.45, 2.75) is 31.7 Å². The van der Waals surface area contributed by atoms with Crippen molar-refractivity contribution in [1.29, 1.82) is 0 Å². The minimum atomic E-state index is -1.67. The summed E-state index contributed by atoms with van der Waals surface area (Å²) in [7, 11) is 1.63. The molecule has 1 aliphatic heterocycles. The number of amides is 5. The normalized spacial score (nSPS) is 12.5. The summed E-state index contributed by atoms with van der Waals surface area (Å²) in [5.41, 5.74) is -0.471. The average molecular weight is 1330 g/mol. The molecule has 0 fully saturated rings. The number of carbonyl (C=O) groups is 6. The Balaban J connectivity index is 1.19. The van der Waals surface area contributed by atoms with Crippen LogP contribution in [0.3, 0.4) is 0 Å². The van der Waals surface area contributed by atoms with Crippen molar-refractivity contribution < 1.29 is 127 Å². The van der Waals surface area contributed by atoms with Gasteiger partial charge in [0.05, 0.1) is 205 Å². The zero-order valence-corrected chi connectivity index (χ0v) is 52.5. The van der Waals surface area contributed by atoms with Gasteiger partial charge in [0.25, 0.3) is 11.8 Å². The van der Waals surface area contributed by atoms with Gasteiger partial charge in [-0.15, -0.1) is 0 Å². The molecule has 5 amide bonds. The molecular formula is C61H92F4N4O23. The van der Waals surface area contributed by atoms with Gasteiger partial charge in [-0.2, -0.15) is 0 Å². The number of benzene rings is 2. The lowest BCUT2D eigenvalue weighted by Crippen LogP contribution is -2.48. The maximum Gasteiger partial charge on any atom is 0.253 e. The molecule has 0 saturated heterocycles. The lowest BCUT2D eigenvalue weighted by molar-refractivity contribution is -0.137. The first kappa shape index (κ1) is 80.5. The Morgan fingerprint density at radius 1 is 0.446 bits per heavy atom. The SMILES string of the molecule is COCCOCCOCCOCCOCCOCCOCCOCCOCCOCCOCCOCCNC(=O)C(Cc1ccc(OCC(=O)Cc2c(F)c(F)cc(F)c2F)cc1)NC(=O)CCOCCOCCOCCOCCNC(=O)CCN1C(=O)C=CC1=O. The predicted molar refractivity (Wildman–Crippen MR) is 318 cm³/mol. The molecule has 92 heavy (non-hydrogen) atoms. The Labute approximate surface area is 534 Å². The van der Waals surface area contributed by atoms with Crippen LogP contribution >= 0.6 is 0 Å². The molecule has 0 aromatic heterocycles. The lowest BCUT2D eigenvalue weighted by Gasteiger charge is -2.19. The molecular weight excluding hydrogens is 1230 g/mol. The molecule has 1 atom stereocenters. The van der Waals surface area contributed by atoms with E-state index in [4.69, 9.17) is 80.5 Å². The number of carbonyl (C=O) groups excluding carboxylic acids is 6. The fourth-order valence-corrected chi connectivity index (χ4v) is 7.58. The van der Waals surface area contributed by atoms with Crippen molar-refractivity contribution in [2.24, 2.45) is 0 Å². The first-order valence-corrected chi connectivity index (χ1v) is 30.5. The number of hydrogen-bond acceptors (Lipinski definition) is 23. The van der Waals surface area contributed by atoms with Crippen molar-refractivity contribution in [2.75, 3.05) is 238 Å². The van der Waals surface area contributed by atoms with Crippen LogP contribution in [0.15, 0.2) is 42.5 Å². The number of ketones is 1. The van der Waals surface area contributed by atoms with Gasteiger partial charge in [0, 0.05) is 76.2 Å². The lowest BCUT2D eigenvalue weighted by atomic mass is 10.0. The number of nitrogens with zero attached hydrogens (tertiary/aromatic N) is 1. The molecule has 0 spiro atoms. The molecule has 0 bridgehead atoms. The molecule has 0 saturated carbocycles. The van der Waals surface area contributed by atoms with Gasteiger partial charge >= 0.3 is 0 Å². The maximum atomic E-state index is 14.1. The van der Waals surface area contributed by atoms with Crippen LogP contribution in [-0.4, -0.2) is 284 Å². The van der Waals surface area contributed by atoms with Crippen molar-refractivity contribution in [1.82, 2.24) is 20.9 Å². The molecule has 1 unspecified atom stereocenters. The highest BCUT2D eigenvalue weighted by Gasteiger charge is 2.25. The Bertz CT molecular complexity index is 2310. The van der Waals surface area contributed by atoms with Crippen LogP contribution in [0.5, 0.6) is 5.75 Å². The third kappa shape index (κ3) is 41.1. The van der Waals surface area contributed by atoms with E-state index in [-0.39, 0.29) is 129 Å². The Hall–Kier alpha value is -5.72. The largest absolute Gasteiger partial charge is 0.486 e. The minimum absolute atomic E-state index is 0.0000956. The van der Waals surface area contributed by atoms with Crippen LogP contribution in [0.25, 0.3) is 0 Å². The molecule has 1 heterocycles. The number of Topliss-reactive ketones (excluding diaryl/α,β-unsaturated/α-hetero) is 1. The summed E-state index contributed by atoms with van der Waals surface area (Å²) < 4.78 is 148. The van der Waals surface area contributed by atoms with Crippen molar-refractivity contribution in [3.63, 3.8) is 0 Å². The van der Waals surface area contributed by atoms with Gasteiger partial charge in [0.2, 0.25) is 17.7 Å². The molecule has 3 N–H and O–H groups in total. The summed E-state index contributed by atoms with van der Waals surface area (Å²) in [6.45, 7) is 11.2. The standard InChI is InChI=1S/C61H92F4N4O23/c1-76-16-17-80-24-25-84-30-31-86-34-35-88-38-39-90-42-43-91-41-40-89-37-36-87-33-32-85-29-28-83-23-20-79-15-11-67-61(75)54(44-48-2-4-50(5-3-48)92-47-49(70)45-51-59(64)52(62)46-53(63)60(51)65)68-56(72)9-13-77-18-21-81-26-27-82-22-19-78-14-10-66-55(71)8-12-69-57(73)6-7-58(69)74/h2-7,46,54H,8-45,47H2,1H3,(H,66,71)(H,67,75)(H,68,72). The summed E-state index contributed by atoms with van der Waals surface area (Å²) >= 11 is 0. The van der Waals surface area contributed by atoms with E-state index < -0.39 is 77.3 Å². The zero-order valence-electron chi connectivity index (χ0n) is 52.5. The maximum absolute atomic E-state index is 14.1. The molecule has 0 aliphatic carbocycles. The highest BCUT2D eigenvalue weighted by Crippen LogP contribution is 2.21. The third-order valence-corrected chi connectivity index (χ3v) is 12.3.